The molecule has 2 aromatic rings. The van der Waals surface area contributed by atoms with Gasteiger partial charge in [-0.2, -0.15) is 0 Å². The minimum Gasteiger partial charge on any atom is -0.364 e. The van der Waals surface area contributed by atoms with E-state index in [0.717, 1.165) is 47.8 Å². The molecule has 3 heterocycles. The monoisotopic (exact) mass is 412 g/mol. The molecule has 0 bridgehead atoms. The van der Waals surface area contributed by atoms with Crippen LogP contribution in [0.2, 0.25) is 0 Å². The van der Waals surface area contributed by atoms with Crippen LogP contribution in [-0.4, -0.2) is 28.9 Å². The molecular weight excluding hydrogens is 392 g/mol. The average Bonchev–Trinajstić information content (AvgIpc) is 3.22. The summed E-state index contributed by atoms with van der Waals surface area (Å²) in [5, 5.41) is 0. The van der Waals surface area contributed by atoms with E-state index >= 15 is 0 Å². The van der Waals surface area contributed by atoms with Gasteiger partial charge in [-0.15, -0.1) is 0 Å². The lowest BCUT2D eigenvalue weighted by atomic mass is 9.63. The molecule has 4 nitrogen and oxygen atoms in total. The van der Waals surface area contributed by atoms with Crippen molar-refractivity contribution in [1.29, 1.82) is 0 Å². The molecule has 1 saturated carbocycles. The van der Waals surface area contributed by atoms with Crippen LogP contribution in [-0.2, 0) is 27.2 Å². The van der Waals surface area contributed by atoms with Gasteiger partial charge >= 0.3 is 0 Å². The summed E-state index contributed by atoms with van der Waals surface area (Å²) in [6, 6.07) is 10.3. The van der Waals surface area contributed by atoms with Crippen LogP contribution < -0.4 is 0 Å². The number of halogens is 1. The number of amides is 1. The Hall–Kier alpha value is -1.72. The van der Waals surface area contributed by atoms with Gasteiger partial charge in [-0.25, -0.2) is 0 Å². The third-order valence-electron chi connectivity index (χ3n) is 6.43. The van der Waals surface area contributed by atoms with E-state index in [9.17, 15) is 4.79 Å². The first-order chi connectivity index (χ1) is 12.6. The third-order valence-corrected chi connectivity index (χ3v) is 6.96. The molecule has 1 aromatic carbocycles. The van der Waals surface area contributed by atoms with Crippen molar-refractivity contribution in [3.05, 3.63) is 63.9 Å². The SMILES string of the molecule is O=C(N1CCC2(C1)OCc1cnccc12)C1(c2ccc(Br)cc2)CCC1. The first kappa shape index (κ1) is 16.5. The molecule has 2 aliphatic heterocycles. The zero-order chi connectivity index (χ0) is 17.8. The van der Waals surface area contributed by atoms with Crippen molar-refractivity contribution in [2.24, 2.45) is 0 Å². The Morgan fingerprint density at radius 2 is 1.96 bits per heavy atom. The van der Waals surface area contributed by atoms with Gasteiger partial charge in [-0.1, -0.05) is 34.5 Å². The van der Waals surface area contributed by atoms with E-state index in [1.165, 1.54) is 5.56 Å². The van der Waals surface area contributed by atoms with Gasteiger partial charge in [-0.3, -0.25) is 9.78 Å². The van der Waals surface area contributed by atoms with Crippen LogP contribution in [0.15, 0.2) is 47.2 Å². The van der Waals surface area contributed by atoms with Gasteiger partial charge in [0.2, 0.25) is 5.91 Å². The van der Waals surface area contributed by atoms with Crippen LogP contribution in [0.4, 0.5) is 0 Å². The smallest absolute Gasteiger partial charge is 0.233 e. The maximum Gasteiger partial charge on any atom is 0.233 e. The highest BCUT2D eigenvalue weighted by Gasteiger charge is 2.53. The Kier molecular flexibility index (Phi) is 3.73. The first-order valence-corrected chi connectivity index (χ1v) is 10.1. The number of nitrogens with zero attached hydrogens (tertiary/aromatic N) is 2. The van der Waals surface area contributed by atoms with E-state index < -0.39 is 0 Å². The molecule has 1 spiro atoms. The molecule has 5 rings (SSSR count). The molecule has 1 atom stereocenters. The lowest BCUT2D eigenvalue weighted by Gasteiger charge is -2.43. The molecule has 3 aliphatic rings. The van der Waals surface area contributed by atoms with Gasteiger partial charge in [-0.05, 0) is 48.6 Å². The largest absolute Gasteiger partial charge is 0.364 e. The fourth-order valence-corrected chi connectivity index (χ4v) is 5.07. The average molecular weight is 413 g/mol. The summed E-state index contributed by atoms with van der Waals surface area (Å²) in [6.07, 6.45) is 7.59. The van der Waals surface area contributed by atoms with E-state index in [1.807, 2.05) is 29.4 Å². The molecule has 26 heavy (non-hydrogen) atoms. The summed E-state index contributed by atoms with van der Waals surface area (Å²) in [5.41, 5.74) is 2.85. The predicted molar refractivity (Wildman–Crippen MR) is 102 cm³/mol. The van der Waals surface area contributed by atoms with E-state index in [1.54, 1.807) is 0 Å². The van der Waals surface area contributed by atoms with E-state index in [0.29, 0.717) is 13.2 Å². The molecular formula is C21H21BrN2O2. The maximum atomic E-state index is 13.5. The second-order valence-electron chi connectivity index (χ2n) is 7.74. The van der Waals surface area contributed by atoms with Crippen molar-refractivity contribution >= 4 is 21.8 Å². The predicted octanol–water partition coefficient (Wildman–Crippen LogP) is 3.92. The number of rotatable bonds is 2. The summed E-state index contributed by atoms with van der Waals surface area (Å²) < 4.78 is 7.25. The van der Waals surface area contributed by atoms with E-state index in [2.05, 4.69) is 39.1 Å². The van der Waals surface area contributed by atoms with Crippen LogP contribution in [0.1, 0.15) is 42.4 Å². The van der Waals surface area contributed by atoms with Gasteiger partial charge in [0.05, 0.1) is 18.6 Å². The minimum absolute atomic E-state index is 0.272. The quantitative estimate of drug-likeness (QED) is 0.750. The molecule has 1 aliphatic carbocycles. The summed E-state index contributed by atoms with van der Waals surface area (Å²) >= 11 is 3.49. The van der Waals surface area contributed by atoms with Crippen molar-refractivity contribution in [2.45, 2.75) is 43.3 Å². The van der Waals surface area contributed by atoms with Crippen LogP contribution in [0.5, 0.6) is 0 Å². The Labute approximate surface area is 161 Å². The lowest BCUT2D eigenvalue weighted by Crippen LogP contribution is -2.51. The molecule has 0 N–H and O–H groups in total. The zero-order valence-corrected chi connectivity index (χ0v) is 16.2. The molecule has 5 heteroatoms. The standard InChI is InChI=1S/C21H21BrN2O2/c22-17-4-2-16(3-5-17)20(7-1-8-20)19(25)24-11-9-21(14-24)18-6-10-23-12-15(18)13-26-21/h2-6,10,12H,1,7-9,11,13-14H2. The van der Waals surface area contributed by atoms with Crippen molar-refractivity contribution in [1.82, 2.24) is 9.88 Å². The highest BCUT2D eigenvalue weighted by atomic mass is 79.9. The molecule has 1 amide bonds. The van der Waals surface area contributed by atoms with Gasteiger partial charge in [0.15, 0.2) is 0 Å². The Morgan fingerprint density at radius 1 is 1.15 bits per heavy atom. The molecule has 2 fully saturated rings. The summed E-state index contributed by atoms with van der Waals surface area (Å²) in [5.74, 6) is 0.272. The van der Waals surface area contributed by atoms with Crippen LogP contribution in [0.3, 0.4) is 0 Å². The number of benzene rings is 1. The van der Waals surface area contributed by atoms with Gasteiger partial charge < -0.3 is 9.64 Å². The third kappa shape index (κ3) is 2.30. The molecule has 0 radical (unpaired) electrons. The second-order valence-corrected chi connectivity index (χ2v) is 8.65. The highest BCUT2D eigenvalue weighted by Crippen LogP contribution is 2.49. The fraction of sp³-hybridized carbons (Fsp3) is 0.429. The van der Waals surface area contributed by atoms with Gasteiger partial charge in [0.1, 0.15) is 5.60 Å². The van der Waals surface area contributed by atoms with Crippen LogP contribution >= 0.6 is 15.9 Å². The number of fused-ring (bicyclic) bond motifs is 2. The first-order valence-electron chi connectivity index (χ1n) is 9.26. The maximum absolute atomic E-state index is 13.5. The van der Waals surface area contributed by atoms with E-state index in [4.69, 9.17) is 4.74 Å². The Morgan fingerprint density at radius 3 is 2.69 bits per heavy atom. The number of carbonyl (C=O) groups is 1. The highest BCUT2D eigenvalue weighted by molar-refractivity contribution is 9.10. The number of aromatic nitrogens is 1. The van der Waals surface area contributed by atoms with Gasteiger partial charge in [0.25, 0.3) is 0 Å². The summed E-state index contributed by atoms with van der Waals surface area (Å²) in [7, 11) is 0. The van der Waals surface area contributed by atoms with Crippen molar-refractivity contribution in [3.8, 4) is 0 Å². The fourth-order valence-electron chi connectivity index (χ4n) is 4.80. The van der Waals surface area contributed by atoms with Crippen LogP contribution in [0, 0.1) is 0 Å². The summed E-state index contributed by atoms with van der Waals surface area (Å²) in [4.78, 5) is 19.8. The molecule has 1 aromatic heterocycles. The number of pyridine rings is 1. The Bertz CT molecular complexity index is 863. The number of carbonyl (C=O) groups excluding carboxylic acids is 1. The van der Waals surface area contributed by atoms with Crippen molar-refractivity contribution in [2.75, 3.05) is 13.1 Å². The molecule has 1 saturated heterocycles. The second kappa shape index (κ2) is 5.89. The number of hydrogen-bond donors (Lipinski definition) is 0. The minimum atomic E-state index is -0.341. The van der Waals surface area contributed by atoms with Crippen molar-refractivity contribution < 1.29 is 9.53 Å². The Balaban J connectivity index is 1.43. The number of hydrogen-bond acceptors (Lipinski definition) is 3. The topological polar surface area (TPSA) is 42.4 Å². The lowest BCUT2D eigenvalue weighted by molar-refractivity contribution is -0.141. The van der Waals surface area contributed by atoms with Crippen LogP contribution in [0.25, 0.3) is 0 Å². The normalized spacial score (nSPS) is 26.0. The van der Waals surface area contributed by atoms with Crippen molar-refractivity contribution in [3.63, 3.8) is 0 Å². The van der Waals surface area contributed by atoms with E-state index in [-0.39, 0.29) is 16.9 Å². The number of likely N-dealkylation sites (tertiary alicyclic amines) is 1. The van der Waals surface area contributed by atoms with Gasteiger partial charge in [0, 0.05) is 29.0 Å². The summed E-state index contributed by atoms with van der Waals surface area (Å²) in [6.45, 7) is 2.02. The molecule has 134 valence electrons. The zero-order valence-electron chi connectivity index (χ0n) is 14.6. The number of ether oxygens (including phenoxy) is 1. The molecule has 1 unspecified atom stereocenters.